The molecule has 43 heavy (non-hydrogen) atoms. The topological polar surface area (TPSA) is 169 Å². The van der Waals surface area contributed by atoms with Crippen LogP contribution in [0.15, 0.2) is 88.0 Å². The predicted octanol–water partition coefficient (Wildman–Crippen LogP) is 6.84. The van der Waals surface area contributed by atoms with E-state index in [0.717, 1.165) is 19.3 Å². The molecule has 0 unspecified atom stereocenters. The predicted molar refractivity (Wildman–Crippen MR) is 161 cm³/mol. The Labute approximate surface area is 248 Å². The summed E-state index contributed by atoms with van der Waals surface area (Å²) in [6.07, 6.45) is 2.45. The lowest BCUT2D eigenvalue weighted by molar-refractivity contribution is -0.140. The molecule has 0 radical (unpaired) electrons. The van der Waals surface area contributed by atoms with Crippen molar-refractivity contribution in [1.29, 1.82) is 0 Å². The Morgan fingerprint density at radius 3 is 2.37 bits per heavy atom. The van der Waals surface area contributed by atoms with Crippen LogP contribution in [0.5, 0.6) is 5.75 Å². The molecule has 3 aromatic carbocycles. The molecule has 2 aliphatic heterocycles. The number of ether oxygens (including phenoxy) is 2. The van der Waals surface area contributed by atoms with Crippen molar-refractivity contribution in [3.63, 3.8) is 0 Å². The van der Waals surface area contributed by atoms with E-state index >= 15 is 0 Å². The highest BCUT2D eigenvalue weighted by Gasteiger charge is 2.55. The molecule has 2 aliphatic rings. The van der Waals surface area contributed by atoms with Gasteiger partial charge in [-0.3, -0.25) is 4.79 Å². The van der Waals surface area contributed by atoms with Gasteiger partial charge in [0.15, 0.2) is 11.6 Å². The number of aliphatic hydroxyl groups excluding tert-OH is 1. The number of azide groups is 2. The summed E-state index contributed by atoms with van der Waals surface area (Å²) in [5.41, 5.74) is 19.6. The molecule has 1 N–H and O–H groups in total. The Morgan fingerprint density at radius 2 is 1.65 bits per heavy atom. The van der Waals surface area contributed by atoms with Gasteiger partial charge < -0.3 is 19.5 Å². The molecule has 220 valence electrons. The highest BCUT2D eigenvalue weighted by molar-refractivity contribution is 6.01. The molecule has 1 amide bonds. The Hall–Kier alpha value is -5.02. The quantitative estimate of drug-likeness (QED) is 0.113. The van der Waals surface area contributed by atoms with Gasteiger partial charge in [-0.25, -0.2) is 4.99 Å². The maximum absolute atomic E-state index is 14.7. The first-order chi connectivity index (χ1) is 21.1. The van der Waals surface area contributed by atoms with Gasteiger partial charge in [-0.05, 0) is 60.2 Å². The average Bonchev–Trinajstić information content (AvgIpc) is 3.43. The fraction of sp³-hybridized carbons (Fsp3) is 0.355. The number of aliphatic hydroxyl groups is 1. The van der Waals surface area contributed by atoms with Crippen molar-refractivity contribution in [1.82, 2.24) is 4.90 Å². The fourth-order valence-electron chi connectivity index (χ4n) is 5.56. The van der Waals surface area contributed by atoms with Crippen LogP contribution < -0.4 is 4.74 Å². The van der Waals surface area contributed by atoms with Crippen molar-refractivity contribution in [2.75, 3.05) is 26.3 Å². The second kappa shape index (κ2) is 13.8. The first kappa shape index (κ1) is 29.5. The van der Waals surface area contributed by atoms with Crippen LogP contribution in [-0.2, 0) is 16.0 Å². The molecular formula is C31H32N8O4. The third-order valence-electron chi connectivity index (χ3n) is 7.63. The van der Waals surface area contributed by atoms with Gasteiger partial charge in [0.25, 0.3) is 5.91 Å². The van der Waals surface area contributed by atoms with E-state index in [-0.39, 0.29) is 24.8 Å². The minimum absolute atomic E-state index is 0.0391. The van der Waals surface area contributed by atoms with E-state index < -0.39 is 11.6 Å². The fourth-order valence-corrected chi connectivity index (χ4v) is 5.56. The van der Waals surface area contributed by atoms with E-state index in [4.69, 9.17) is 19.6 Å². The summed E-state index contributed by atoms with van der Waals surface area (Å²) < 4.78 is 12.3. The maximum Gasteiger partial charge on any atom is 0.255 e. The van der Waals surface area contributed by atoms with Crippen molar-refractivity contribution in [3.8, 4) is 5.75 Å². The van der Waals surface area contributed by atoms with Gasteiger partial charge in [0, 0.05) is 64.9 Å². The van der Waals surface area contributed by atoms with Crippen molar-refractivity contribution in [2.45, 2.75) is 43.7 Å². The molecule has 5 rings (SSSR count). The normalized spacial score (nSPS) is 19.4. The molecule has 2 atom stereocenters. The van der Waals surface area contributed by atoms with Crippen molar-refractivity contribution < 1.29 is 19.4 Å². The Kier molecular flexibility index (Phi) is 9.43. The number of piperidine rings is 1. The molecule has 12 heteroatoms. The van der Waals surface area contributed by atoms with Crippen molar-refractivity contribution >= 4 is 23.2 Å². The lowest BCUT2D eigenvalue weighted by atomic mass is 9.80. The molecule has 0 bridgehead atoms. The van der Waals surface area contributed by atoms with Crippen molar-refractivity contribution in [3.05, 3.63) is 110 Å². The zero-order valence-corrected chi connectivity index (χ0v) is 23.6. The van der Waals surface area contributed by atoms with Gasteiger partial charge in [-0.1, -0.05) is 58.8 Å². The molecule has 2 heterocycles. The molecule has 3 aromatic rings. The molecule has 0 saturated carbocycles. The zero-order chi connectivity index (χ0) is 30.1. The van der Waals surface area contributed by atoms with Crippen LogP contribution in [0.2, 0.25) is 0 Å². The van der Waals surface area contributed by atoms with Gasteiger partial charge in [0.2, 0.25) is 5.90 Å². The SMILES string of the molecule is [N-]=[N+]=Nc1ccccc1C[C@@]1(C(=O)N2CCCCC2)N=C(c2ccc(OCCCO)cc2)O[C@@H]1c1ccccc1N=[N+]=[N-]. The standard InChI is InChI=1S/C31H32N8O4/c32-37-35-26-11-4-2-9-23(26)21-31(30(41)39-17-6-1-7-18-39)28(25-10-3-5-12-27(25)36-38-33)43-29(34-31)22-13-15-24(16-14-22)42-20-8-19-40/h2-5,9-16,28,40H,1,6-8,17-21H2/t28-,31-/m1/s1. The number of carbonyl (C=O) groups is 1. The summed E-state index contributed by atoms with van der Waals surface area (Å²) in [6.45, 7) is 1.60. The number of hydrogen-bond donors (Lipinski definition) is 1. The minimum atomic E-state index is -1.49. The van der Waals surface area contributed by atoms with Crippen LogP contribution in [0.4, 0.5) is 11.4 Å². The van der Waals surface area contributed by atoms with Gasteiger partial charge in [-0.2, -0.15) is 0 Å². The van der Waals surface area contributed by atoms with Crippen LogP contribution in [0.25, 0.3) is 20.9 Å². The van der Waals surface area contributed by atoms with E-state index in [1.807, 2.05) is 17.0 Å². The molecule has 0 spiro atoms. The third kappa shape index (κ3) is 6.42. The van der Waals surface area contributed by atoms with E-state index in [1.54, 1.807) is 60.7 Å². The summed E-state index contributed by atoms with van der Waals surface area (Å²) in [4.78, 5) is 27.6. The molecular weight excluding hydrogens is 548 g/mol. The second-order valence-corrected chi connectivity index (χ2v) is 10.4. The zero-order valence-electron chi connectivity index (χ0n) is 23.6. The molecule has 0 aromatic heterocycles. The van der Waals surface area contributed by atoms with Crippen LogP contribution >= 0.6 is 0 Å². The number of nitrogens with zero attached hydrogens (tertiary/aromatic N) is 8. The van der Waals surface area contributed by atoms with E-state index in [2.05, 4.69) is 20.1 Å². The summed E-state index contributed by atoms with van der Waals surface area (Å²) in [7, 11) is 0. The first-order valence-corrected chi connectivity index (χ1v) is 14.3. The lowest BCUT2D eigenvalue weighted by Gasteiger charge is -2.37. The lowest BCUT2D eigenvalue weighted by Crippen LogP contribution is -2.53. The van der Waals surface area contributed by atoms with E-state index in [1.165, 1.54) is 0 Å². The third-order valence-corrected chi connectivity index (χ3v) is 7.63. The van der Waals surface area contributed by atoms with E-state index in [0.29, 0.717) is 59.9 Å². The average molecular weight is 581 g/mol. The highest BCUT2D eigenvalue weighted by atomic mass is 16.5. The first-order valence-electron chi connectivity index (χ1n) is 14.3. The molecule has 1 fully saturated rings. The Morgan fingerprint density at radius 1 is 0.977 bits per heavy atom. The summed E-state index contributed by atoms with van der Waals surface area (Å²) in [5, 5.41) is 16.8. The number of amides is 1. The van der Waals surface area contributed by atoms with Crippen LogP contribution in [0, 0.1) is 0 Å². The van der Waals surface area contributed by atoms with Gasteiger partial charge in [-0.15, -0.1) is 0 Å². The smallest absolute Gasteiger partial charge is 0.255 e. The molecule has 1 saturated heterocycles. The van der Waals surface area contributed by atoms with Crippen LogP contribution in [0.3, 0.4) is 0 Å². The number of aliphatic imine (C=N–C) groups is 1. The maximum atomic E-state index is 14.7. The molecule has 0 aliphatic carbocycles. The number of carbonyl (C=O) groups excluding carboxylic acids is 1. The largest absolute Gasteiger partial charge is 0.494 e. The number of likely N-dealkylation sites (tertiary alicyclic amines) is 1. The Bertz CT molecular complexity index is 1570. The molecule has 12 nitrogen and oxygen atoms in total. The minimum Gasteiger partial charge on any atom is -0.494 e. The summed E-state index contributed by atoms with van der Waals surface area (Å²) >= 11 is 0. The Balaban J connectivity index is 1.67. The van der Waals surface area contributed by atoms with Gasteiger partial charge in [0.05, 0.1) is 6.61 Å². The second-order valence-electron chi connectivity index (χ2n) is 10.4. The summed E-state index contributed by atoms with van der Waals surface area (Å²) in [5.74, 6) is 0.678. The van der Waals surface area contributed by atoms with Crippen LogP contribution in [-0.4, -0.2) is 53.7 Å². The van der Waals surface area contributed by atoms with Gasteiger partial charge >= 0.3 is 0 Å². The van der Waals surface area contributed by atoms with Crippen LogP contribution in [0.1, 0.15) is 48.5 Å². The van der Waals surface area contributed by atoms with Crippen molar-refractivity contribution in [2.24, 2.45) is 15.2 Å². The number of hydrogen-bond acceptors (Lipinski definition) is 7. The van der Waals surface area contributed by atoms with E-state index in [9.17, 15) is 15.9 Å². The summed E-state index contributed by atoms with van der Waals surface area (Å²) in [6, 6.07) is 21.3. The monoisotopic (exact) mass is 580 g/mol. The highest BCUT2D eigenvalue weighted by Crippen LogP contribution is 2.47. The number of benzene rings is 3. The van der Waals surface area contributed by atoms with Gasteiger partial charge in [0.1, 0.15) is 5.75 Å². The number of rotatable bonds is 11.